The quantitative estimate of drug-likeness (QED) is 0.609. The van der Waals surface area contributed by atoms with Gasteiger partial charge in [0, 0.05) is 6.61 Å². The summed E-state index contributed by atoms with van der Waals surface area (Å²) in [6, 6.07) is 6.30. The highest BCUT2D eigenvalue weighted by Gasteiger charge is 2.38. The first-order chi connectivity index (χ1) is 7.65. The van der Waals surface area contributed by atoms with Gasteiger partial charge in [-0.25, -0.2) is 4.39 Å². The number of nitrogens with two attached hydrogens (primary N) is 1. The van der Waals surface area contributed by atoms with Crippen LogP contribution in [0.2, 0.25) is 0 Å². The van der Waals surface area contributed by atoms with E-state index in [0.717, 1.165) is 25.0 Å². The van der Waals surface area contributed by atoms with E-state index in [1.54, 1.807) is 6.07 Å². The third kappa shape index (κ3) is 2.09. The highest BCUT2D eigenvalue weighted by atomic mass is 19.1. The van der Waals surface area contributed by atoms with Crippen molar-refractivity contribution in [3.63, 3.8) is 0 Å². The highest BCUT2D eigenvalue weighted by molar-refractivity contribution is 5.23. The molecule has 1 aliphatic heterocycles. The number of benzene rings is 1. The molecule has 3 nitrogen and oxygen atoms in total. The summed E-state index contributed by atoms with van der Waals surface area (Å²) in [7, 11) is 0. The fraction of sp³-hybridized carbons (Fsp3) is 0.500. The second-order valence-electron chi connectivity index (χ2n) is 4.42. The lowest BCUT2D eigenvalue weighted by molar-refractivity contribution is -0.0126. The molecule has 1 heterocycles. The van der Waals surface area contributed by atoms with Gasteiger partial charge < -0.3 is 4.74 Å². The smallest absolute Gasteiger partial charge is 0.123 e. The van der Waals surface area contributed by atoms with Crippen molar-refractivity contribution in [2.75, 3.05) is 6.61 Å². The van der Waals surface area contributed by atoms with Gasteiger partial charge in [-0.1, -0.05) is 12.1 Å². The van der Waals surface area contributed by atoms with Gasteiger partial charge in [-0.2, -0.15) is 0 Å². The minimum absolute atomic E-state index is 0.175. The van der Waals surface area contributed by atoms with Gasteiger partial charge in [0.2, 0.25) is 0 Å². The van der Waals surface area contributed by atoms with Gasteiger partial charge in [0.15, 0.2) is 0 Å². The Morgan fingerprint density at radius 3 is 2.94 bits per heavy atom. The maximum atomic E-state index is 13.2. The normalized spacial score (nSPS) is 26.9. The Morgan fingerprint density at radius 1 is 1.56 bits per heavy atom. The summed E-state index contributed by atoms with van der Waals surface area (Å²) in [4.78, 5) is 0. The molecule has 1 aromatic carbocycles. The number of hydrogen-bond acceptors (Lipinski definition) is 3. The summed E-state index contributed by atoms with van der Waals surface area (Å²) in [6.07, 6.45) is 1.95. The molecule has 1 fully saturated rings. The van der Waals surface area contributed by atoms with Gasteiger partial charge in [0.25, 0.3) is 0 Å². The van der Waals surface area contributed by atoms with E-state index < -0.39 is 0 Å². The number of nitrogens with one attached hydrogen (secondary N) is 1. The van der Waals surface area contributed by atoms with E-state index in [9.17, 15) is 4.39 Å². The van der Waals surface area contributed by atoms with Crippen molar-refractivity contribution in [3.05, 3.63) is 35.6 Å². The van der Waals surface area contributed by atoms with E-state index in [-0.39, 0.29) is 17.5 Å². The minimum atomic E-state index is -0.345. The molecule has 0 bridgehead atoms. The summed E-state index contributed by atoms with van der Waals surface area (Å²) in [5, 5.41) is 0. The number of hydrogen-bond donors (Lipinski definition) is 2. The van der Waals surface area contributed by atoms with Crippen molar-refractivity contribution < 1.29 is 9.13 Å². The zero-order valence-corrected chi connectivity index (χ0v) is 9.37. The van der Waals surface area contributed by atoms with Crippen molar-refractivity contribution in [1.29, 1.82) is 0 Å². The van der Waals surface area contributed by atoms with Crippen LogP contribution >= 0.6 is 0 Å². The Hall–Kier alpha value is -0.970. The van der Waals surface area contributed by atoms with Crippen LogP contribution in [0.3, 0.4) is 0 Å². The first-order valence-corrected chi connectivity index (χ1v) is 5.51. The predicted molar refractivity (Wildman–Crippen MR) is 60.1 cm³/mol. The third-order valence-corrected chi connectivity index (χ3v) is 3.21. The first kappa shape index (κ1) is 11.5. The summed E-state index contributed by atoms with van der Waals surface area (Å²) >= 11 is 0. The molecule has 2 unspecified atom stereocenters. The van der Waals surface area contributed by atoms with Crippen LogP contribution in [-0.2, 0) is 4.74 Å². The monoisotopic (exact) mass is 224 g/mol. The number of halogens is 1. The van der Waals surface area contributed by atoms with Crippen LogP contribution in [0.25, 0.3) is 0 Å². The van der Waals surface area contributed by atoms with Gasteiger partial charge in [-0.15, -0.1) is 0 Å². The van der Waals surface area contributed by atoms with Gasteiger partial charge in [-0.05, 0) is 37.5 Å². The molecule has 1 aromatic rings. The Bertz CT molecular complexity index is 364. The predicted octanol–water partition coefficient (Wildman–Crippen LogP) is 1.90. The number of rotatable bonds is 3. The SMILES string of the molecule is CC1(C(NN)c2cccc(F)c2)CCCO1. The lowest BCUT2D eigenvalue weighted by Gasteiger charge is -2.33. The standard InChI is InChI=1S/C12H17FN2O/c1-12(6-3-7-16-12)11(15-14)9-4-2-5-10(13)8-9/h2,4-5,8,11,15H,3,6-7,14H2,1H3. The Kier molecular flexibility index (Phi) is 3.23. The van der Waals surface area contributed by atoms with E-state index >= 15 is 0 Å². The molecule has 0 aromatic heterocycles. The maximum absolute atomic E-state index is 13.2. The Labute approximate surface area is 94.8 Å². The maximum Gasteiger partial charge on any atom is 0.123 e. The van der Waals surface area contributed by atoms with E-state index in [1.165, 1.54) is 12.1 Å². The molecule has 1 saturated heterocycles. The van der Waals surface area contributed by atoms with Gasteiger partial charge >= 0.3 is 0 Å². The van der Waals surface area contributed by atoms with E-state index in [1.807, 2.05) is 13.0 Å². The van der Waals surface area contributed by atoms with Crippen LogP contribution in [0, 0.1) is 5.82 Å². The zero-order valence-electron chi connectivity index (χ0n) is 9.37. The molecule has 3 N–H and O–H groups in total. The van der Waals surface area contributed by atoms with Crippen molar-refractivity contribution >= 4 is 0 Å². The second-order valence-corrected chi connectivity index (χ2v) is 4.42. The van der Waals surface area contributed by atoms with E-state index in [2.05, 4.69) is 5.43 Å². The van der Waals surface area contributed by atoms with Gasteiger partial charge in [0.05, 0.1) is 11.6 Å². The van der Waals surface area contributed by atoms with Crippen molar-refractivity contribution in [3.8, 4) is 0 Å². The molecule has 16 heavy (non-hydrogen) atoms. The van der Waals surface area contributed by atoms with Crippen LogP contribution in [0.5, 0.6) is 0 Å². The molecule has 2 atom stereocenters. The van der Waals surface area contributed by atoms with Gasteiger partial charge in [0.1, 0.15) is 5.82 Å². The number of ether oxygens (including phenoxy) is 1. The molecule has 4 heteroatoms. The molecule has 0 aliphatic carbocycles. The Morgan fingerprint density at radius 2 is 2.38 bits per heavy atom. The zero-order chi connectivity index (χ0) is 11.6. The Balaban J connectivity index is 2.28. The summed E-state index contributed by atoms with van der Waals surface area (Å²) in [5.74, 6) is 5.32. The fourth-order valence-corrected chi connectivity index (χ4v) is 2.34. The van der Waals surface area contributed by atoms with Crippen molar-refractivity contribution in [1.82, 2.24) is 5.43 Å². The fourth-order valence-electron chi connectivity index (χ4n) is 2.34. The molecule has 0 amide bonds. The van der Waals surface area contributed by atoms with E-state index in [0.29, 0.717) is 0 Å². The van der Waals surface area contributed by atoms with Crippen molar-refractivity contribution in [2.24, 2.45) is 5.84 Å². The molecule has 1 aliphatic rings. The van der Waals surface area contributed by atoms with E-state index in [4.69, 9.17) is 10.6 Å². The molecular weight excluding hydrogens is 207 g/mol. The average molecular weight is 224 g/mol. The highest BCUT2D eigenvalue weighted by Crippen LogP contribution is 2.36. The molecule has 0 spiro atoms. The summed E-state index contributed by atoms with van der Waals surface area (Å²) in [6.45, 7) is 2.75. The largest absolute Gasteiger partial charge is 0.373 e. The molecule has 2 rings (SSSR count). The second kappa shape index (κ2) is 4.49. The summed E-state index contributed by atoms with van der Waals surface area (Å²) in [5.41, 5.74) is 3.22. The molecule has 0 saturated carbocycles. The lowest BCUT2D eigenvalue weighted by atomic mass is 9.88. The number of hydrazine groups is 1. The van der Waals surface area contributed by atoms with Crippen LogP contribution in [0.4, 0.5) is 4.39 Å². The van der Waals surface area contributed by atoms with Crippen molar-refractivity contribution in [2.45, 2.75) is 31.4 Å². The average Bonchev–Trinajstić information content (AvgIpc) is 2.67. The molecular formula is C12H17FN2O. The first-order valence-electron chi connectivity index (χ1n) is 5.51. The minimum Gasteiger partial charge on any atom is -0.373 e. The van der Waals surface area contributed by atoms with Crippen LogP contribution < -0.4 is 11.3 Å². The van der Waals surface area contributed by atoms with Gasteiger partial charge in [-0.3, -0.25) is 11.3 Å². The molecule has 88 valence electrons. The van der Waals surface area contributed by atoms with Crippen LogP contribution in [0.1, 0.15) is 31.4 Å². The lowest BCUT2D eigenvalue weighted by Crippen LogP contribution is -2.44. The molecule has 0 radical (unpaired) electrons. The third-order valence-electron chi connectivity index (χ3n) is 3.21. The van der Waals surface area contributed by atoms with Crippen LogP contribution in [-0.4, -0.2) is 12.2 Å². The summed E-state index contributed by atoms with van der Waals surface area (Å²) < 4.78 is 18.9. The topological polar surface area (TPSA) is 47.3 Å². The van der Waals surface area contributed by atoms with Crippen LogP contribution in [0.15, 0.2) is 24.3 Å².